The molecule has 1 aliphatic rings. The van der Waals surface area contributed by atoms with Crippen molar-refractivity contribution in [3.63, 3.8) is 0 Å². The van der Waals surface area contributed by atoms with Crippen molar-refractivity contribution in [3.8, 4) is 5.75 Å². The molecule has 1 aromatic carbocycles. The highest BCUT2D eigenvalue weighted by atomic mass is 16.5. The molecular formula is C14H15NO. The predicted molar refractivity (Wildman–Crippen MR) is 64.6 cm³/mol. The molecule has 16 heavy (non-hydrogen) atoms. The summed E-state index contributed by atoms with van der Waals surface area (Å²) in [7, 11) is 0. The molecule has 0 atom stereocenters. The van der Waals surface area contributed by atoms with E-state index in [2.05, 4.69) is 17.1 Å². The van der Waals surface area contributed by atoms with Gasteiger partial charge < -0.3 is 4.74 Å². The molecule has 0 amide bonds. The van der Waals surface area contributed by atoms with E-state index in [-0.39, 0.29) is 0 Å². The van der Waals surface area contributed by atoms with Crippen LogP contribution in [0.25, 0.3) is 10.9 Å². The van der Waals surface area contributed by atoms with Gasteiger partial charge in [-0.3, -0.25) is 4.98 Å². The summed E-state index contributed by atoms with van der Waals surface area (Å²) in [4.78, 5) is 4.40. The number of fused-ring (bicyclic) bond motifs is 1. The Morgan fingerprint density at radius 1 is 1.12 bits per heavy atom. The molecule has 2 nitrogen and oxygen atoms in total. The summed E-state index contributed by atoms with van der Waals surface area (Å²) in [5.74, 6) is 0.908. The van der Waals surface area contributed by atoms with Crippen LogP contribution in [0.1, 0.15) is 25.7 Å². The number of nitrogens with zero attached hydrogens (tertiary/aromatic N) is 1. The average molecular weight is 213 g/mol. The fourth-order valence-corrected chi connectivity index (χ4v) is 2.31. The molecule has 1 aliphatic carbocycles. The third kappa shape index (κ3) is 1.87. The second-order valence-electron chi connectivity index (χ2n) is 4.39. The molecule has 1 aromatic heterocycles. The molecule has 0 aliphatic heterocycles. The van der Waals surface area contributed by atoms with Gasteiger partial charge >= 0.3 is 0 Å². The number of rotatable bonds is 2. The molecular weight excluding hydrogens is 198 g/mol. The Kier molecular flexibility index (Phi) is 2.49. The lowest BCUT2D eigenvalue weighted by Crippen LogP contribution is -2.10. The van der Waals surface area contributed by atoms with Crippen molar-refractivity contribution in [2.45, 2.75) is 31.8 Å². The van der Waals surface area contributed by atoms with Crippen molar-refractivity contribution >= 4 is 10.9 Å². The Morgan fingerprint density at radius 3 is 2.81 bits per heavy atom. The Labute approximate surface area is 95.3 Å². The molecule has 0 N–H and O–H groups in total. The highest BCUT2D eigenvalue weighted by molar-refractivity contribution is 5.79. The van der Waals surface area contributed by atoms with Gasteiger partial charge in [0.05, 0.1) is 17.8 Å². The van der Waals surface area contributed by atoms with E-state index in [1.54, 1.807) is 0 Å². The first-order valence-electron chi connectivity index (χ1n) is 5.93. The number of benzene rings is 1. The SMILES string of the molecule is c1ccc2ncc(OC3CCCC3)cc2c1. The topological polar surface area (TPSA) is 22.1 Å². The Bertz CT molecular complexity index is 489. The standard InChI is InChI=1S/C14H15NO/c1-4-8-14-11(5-1)9-13(10-15-14)16-12-6-2-3-7-12/h1,4-5,8-10,12H,2-3,6-7H2. The van der Waals surface area contributed by atoms with Gasteiger partial charge in [-0.1, -0.05) is 18.2 Å². The fourth-order valence-electron chi connectivity index (χ4n) is 2.31. The van der Waals surface area contributed by atoms with E-state index in [0.717, 1.165) is 16.7 Å². The Hall–Kier alpha value is -1.57. The first kappa shape index (κ1) is 9.64. The average Bonchev–Trinajstić information content (AvgIpc) is 2.82. The van der Waals surface area contributed by atoms with Gasteiger partial charge in [0.2, 0.25) is 0 Å². The van der Waals surface area contributed by atoms with Gasteiger partial charge in [0.1, 0.15) is 5.75 Å². The van der Waals surface area contributed by atoms with Crippen molar-refractivity contribution in [2.75, 3.05) is 0 Å². The van der Waals surface area contributed by atoms with E-state index in [0.29, 0.717) is 6.10 Å². The van der Waals surface area contributed by atoms with Crippen molar-refractivity contribution in [2.24, 2.45) is 0 Å². The molecule has 0 spiro atoms. The van der Waals surface area contributed by atoms with Crippen molar-refractivity contribution in [1.29, 1.82) is 0 Å². The van der Waals surface area contributed by atoms with E-state index in [1.165, 1.54) is 25.7 Å². The Balaban J connectivity index is 1.86. The van der Waals surface area contributed by atoms with Crippen LogP contribution in [0.15, 0.2) is 36.5 Å². The molecule has 0 bridgehead atoms. The predicted octanol–water partition coefficient (Wildman–Crippen LogP) is 3.56. The summed E-state index contributed by atoms with van der Waals surface area (Å²) in [6.07, 6.45) is 7.21. The van der Waals surface area contributed by atoms with Gasteiger partial charge in [-0.15, -0.1) is 0 Å². The monoisotopic (exact) mass is 213 g/mol. The maximum Gasteiger partial charge on any atom is 0.138 e. The zero-order valence-electron chi connectivity index (χ0n) is 9.23. The summed E-state index contributed by atoms with van der Waals surface area (Å²) in [5.41, 5.74) is 1.03. The van der Waals surface area contributed by atoms with Crippen LogP contribution >= 0.6 is 0 Å². The third-order valence-corrected chi connectivity index (χ3v) is 3.17. The molecule has 3 rings (SSSR count). The van der Waals surface area contributed by atoms with Crippen LogP contribution in [0.3, 0.4) is 0 Å². The number of ether oxygens (including phenoxy) is 1. The number of aromatic nitrogens is 1. The van der Waals surface area contributed by atoms with Gasteiger partial charge in [0, 0.05) is 5.39 Å². The van der Waals surface area contributed by atoms with Crippen LogP contribution < -0.4 is 4.74 Å². The van der Waals surface area contributed by atoms with E-state index in [9.17, 15) is 0 Å². The molecule has 1 fully saturated rings. The second kappa shape index (κ2) is 4.12. The quantitative estimate of drug-likeness (QED) is 0.761. The maximum absolute atomic E-state index is 5.92. The van der Waals surface area contributed by atoms with Crippen LogP contribution in [0.5, 0.6) is 5.75 Å². The largest absolute Gasteiger partial charge is 0.489 e. The molecule has 2 heteroatoms. The van der Waals surface area contributed by atoms with Gasteiger partial charge in [-0.25, -0.2) is 0 Å². The minimum atomic E-state index is 0.406. The molecule has 82 valence electrons. The lowest BCUT2D eigenvalue weighted by atomic mass is 10.2. The van der Waals surface area contributed by atoms with Crippen LogP contribution in [-0.4, -0.2) is 11.1 Å². The van der Waals surface area contributed by atoms with E-state index in [1.807, 2.05) is 24.4 Å². The van der Waals surface area contributed by atoms with Crippen LogP contribution in [0.4, 0.5) is 0 Å². The minimum Gasteiger partial charge on any atom is -0.489 e. The normalized spacial score (nSPS) is 16.8. The zero-order valence-corrected chi connectivity index (χ0v) is 9.23. The molecule has 2 aromatic rings. The number of hydrogen-bond donors (Lipinski definition) is 0. The highest BCUT2D eigenvalue weighted by Gasteiger charge is 2.16. The van der Waals surface area contributed by atoms with Gasteiger partial charge in [0.25, 0.3) is 0 Å². The highest BCUT2D eigenvalue weighted by Crippen LogP contribution is 2.25. The molecule has 0 saturated heterocycles. The third-order valence-electron chi connectivity index (χ3n) is 3.17. The summed E-state index contributed by atoms with van der Waals surface area (Å²) in [6.45, 7) is 0. The van der Waals surface area contributed by atoms with E-state index in [4.69, 9.17) is 4.74 Å². The number of para-hydroxylation sites is 1. The summed E-state index contributed by atoms with van der Waals surface area (Å²) in [5, 5.41) is 1.15. The molecule has 1 saturated carbocycles. The summed E-state index contributed by atoms with van der Waals surface area (Å²) >= 11 is 0. The van der Waals surface area contributed by atoms with Crippen LogP contribution in [0.2, 0.25) is 0 Å². The first-order valence-corrected chi connectivity index (χ1v) is 5.93. The lowest BCUT2D eigenvalue weighted by Gasteiger charge is -2.12. The second-order valence-corrected chi connectivity index (χ2v) is 4.39. The zero-order chi connectivity index (χ0) is 10.8. The molecule has 0 radical (unpaired) electrons. The van der Waals surface area contributed by atoms with E-state index >= 15 is 0 Å². The molecule has 1 heterocycles. The summed E-state index contributed by atoms with van der Waals surface area (Å²) < 4.78 is 5.92. The minimum absolute atomic E-state index is 0.406. The van der Waals surface area contributed by atoms with E-state index < -0.39 is 0 Å². The fraction of sp³-hybridized carbons (Fsp3) is 0.357. The summed E-state index contributed by atoms with van der Waals surface area (Å²) in [6, 6.07) is 10.2. The first-order chi connectivity index (χ1) is 7.92. The van der Waals surface area contributed by atoms with Gasteiger partial charge in [-0.05, 0) is 37.8 Å². The van der Waals surface area contributed by atoms with Gasteiger partial charge in [0.15, 0.2) is 0 Å². The van der Waals surface area contributed by atoms with Crippen LogP contribution in [-0.2, 0) is 0 Å². The Morgan fingerprint density at radius 2 is 1.94 bits per heavy atom. The number of hydrogen-bond acceptors (Lipinski definition) is 2. The van der Waals surface area contributed by atoms with Crippen molar-refractivity contribution < 1.29 is 4.74 Å². The lowest BCUT2D eigenvalue weighted by molar-refractivity contribution is 0.209. The van der Waals surface area contributed by atoms with Crippen molar-refractivity contribution in [1.82, 2.24) is 4.98 Å². The smallest absolute Gasteiger partial charge is 0.138 e. The maximum atomic E-state index is 5.92. The van der Waals surface area contributed by atoms with Crippen molar-refractivity contribution in [3.05, 3.63) is 36.5 Å². The number of pyridine rings is 1. The van der Waals surface area contributed by atoms with Gasteiger partial charge in [-0.2, -0.15) is 0 Å². The molecule has 0 unspecified atom stereocenters. The van der Waals surface area contributed by atoms with Crippen LogP contribution in [0, 0.1) is 0 Å².